The van der Waals surface area contributed by atoms with Gasteiger partial charge in [0.1, 0.15) is 43.2 Å². The average molecular weight is 1100 g/mol. The Labute approximate surface area is 420 Å². The Morgan fingerprint density at radius 3 is 1.17 bits per heavy atom. The fourth-order valence-electron chi connectivity index (χ4n) is 7.78. The first-order chi connectivity index (χ1) is 33.5. The topological polar surface area (TPSA) is 349 Å². The number of ether oxygens (including phenoxy) is 2. The number of carbonyl (C=O) groups excluding carboxylic acids is 2. The predicted octanol–water partition coefficient (Wildman–Crippen LogP) is 9.19. The standard InChI is InChI=1S/C45H86O22P4/c1-3-5-7-9-11-13-15-17-19-21-23-25-27-29-31-33-38(46)61-35-37(63-39(47)34-32-30-28-26-24-22-20-18-16-14-12-10-8-6-4-2)36-62-71(59,60)67-42-40(48)43(64-68(50,51)52)45(66-70(56,57)58)44(41(42)49)65-69(53,54)55/h13,15,18,20,37,40-45,48-49H,3-12,14,16-17,19,21-36H2,1-2H3,(H,59,60)(H2,50,51,52)(H2,53,54,55)(H2,56,57,58). The van der Waals surface area contributed by atoms with Crippen LogP contribution in [0.25, 0.3) is 0 Å². The third-order valence-electron chi connectivity index (χ3n) is 11.5. The molecule has 6 unspecified atom stereocenters. The van der Waals surface area contributed by atoms with Crippen LogP contribution < -0.4 is 0 Å². The van der Waals surface area contributed by atoms with Gasteiger partial charge in [-0.05, 0) is 64.2 Å². The van der Waals surface area contributed by atoms with Gasteiger partial charge in [0, 0.05) is 12.8 Å². The van der Waals surface area contributed by atoms with Crippen LogP contribution in [0.15, 0.2) is 24.3 Å². The summed E-state index contributed by atoms with van der Waals surface area (Å²) in [6.45, 7) is 2.74. The number of esters is 2. The van der Waals surface area contributed by atoms with E-state index in [-0.39, 0.29) is 12.8 Å². The van der Waals surface area contributed by atoms with Crippen LogP contribution in [0.2, 0.25) is 0 Å². The van der Waals surface area contributed by atoms with Crippen molar-refractivity contribution in [3.8, 4) is 0 Å². The van der Waals surface area contributed by atoms with Gasteiger partial charge in [0.2, 0.25) is 0 Å². The lowest BCUT2D eigenvalue weighted by atomic mass is 9.85. The number of phosphoric ester groups is 4. The van der Waals surface area contributed by atoms with Crippen molar-refractivity contribution in [1.82, 2.24) is 0 Å². The van der Waals surface area contributed by atoms with Crippen molar-refractivity contribution in [1.29, 1.82) is 0 Å². The zero-order chi connectivity index (χ0) is 53.2. The van der Waals surface area contributed by atoms with E-state index in [9.17, 15) is 72.3 Å². The van der Waals surface area contributed by atoms with Gasteiger partial charge in [-0.2, -0.15) is 0 Å². The molecule has 9 N–H and O–H groups in total. The van der Waals surface area contributed by atoms with Crippen molar-refractivity contribution in [3.05, 3.63) is 24.3 Å². The first-order valence-corrected chi connectivity index (χ1v) is 31.5. The van der Waals surface area contributed by atoms with Crippen LogP contribution in [0, 0.1) is 0 Å². The maximum atomic E-state index is 13.3. The molecule has 1 fully saturated rings. The minimum Gasteiger partial charge on any atom is -0.462 e. The molecular formula is C45H86O22P4. The van der Waals surface area contributed by atoms with Gasteiger partial charge in [0.15, 0.2) is 6.10 Å². The average Bonchev–Trinajstić information content (AvgIpc) is 3.27. The van der Waals surface area contributed by atoms with Crippen LogP contribution >= 0.6 is 31.3 Å². The van der Waals surface area contributed by atoms with Crippen LogP contribution in [0.3, 0.4) is 0 Å². The molecule has 6 atom stereocenters. The molecule has 1 aliphatic rings. The Morgan fingerprint density at radius 2 is 0.775 bits per heavy atom. The number of unbranched alkanes of at least 4 members (excludes halogenated alkanes) is 22. The van der Waals surface area contributed by atoms with Crippen molar-refractivity contribution < 1.29 is 104 Å². The second-order valence-electron chi connectivity index (χ2n) is 18.0. The van der Waals surface area contributed by atoms with Crippen LogP contribution in [-0.4, -0.2) is 112 Å². The summed E-state index contributed by atoms with van der Waals surface area (Å²) in [6.07, 6.45) is 18.1. The summed E-state index contributed by atoms with van der Waals surface area (Å²) >= 11 is 0. The van der Waals surface area contributed by atoms with Gasteiger partial charge in [-0.3, -0.25) is 32.2 Å². The number of phosphoric acid groups is 4. The highest BCUT2D eigenvalue weighted by Crippen LogP contribution is 2.53. The molecule has 1 aliphatic carbocycles. The molecule has 71 heavy (non-hydrogen) atoms. The molecule has 1 rings (SSSR count). The van der Waals surface area contributed by atoms with Crippen LogP contribution in [-0.2, 0) is 59.9 Å². The number of allylic oxidation sites excluding steroid dienone is 4. The van der Waals surface area contributed by atoms with Crippen LogP contribution in [0.4, 0.5) is 0 Å². The minimum absolute atomic E-state index is 0.0287. The van der Waals surface area contributed by atoms with Crippen molar-refractivity contribution in [3.63, 3.8) is 0 Å². The summed E-state index contributed by atoms with van der Waals surface area (Å²) in [5, 5.41) is 21.9. The Hall–Kier alpha value is -1.22. The monoisotopic (exact) mass is 1100 g/mol. The molecule has 0 radical (unpaired) electrons. The molecule has 0 saturated heterocycles. The number of carbonyl (C=O) groups is 2. The summed E-state index contributed by atoms with van der Waals surface area (Å²) < 4.78 is 82.2. The molecule has 0 spiro atoms. The Balaban J connectivity index is 2.88. The minimum atomic E-state index is -5.79. The van der Waals surface area contributed by atoms with Crippen molar-refractivity contribution in [2.24, 2.45) is 0 Å². The third-order valence-corrected chi connectivity index (χ3v) is 14.0. The van der Waals surface area contributed by atoms with Gasteiger partial charge in [0.05, 0.1) is 6.61 Å². The predicted molar refractivity (Wildman–Crippen MR) is 263 cm³/mol. The van der Waals surface area contributed by atoms with Gasteiger partial charge >= 0.3 is 43.2 Å². The molecule has 22 nitrogen and oxygen atoms in total. The number of hydrogen-bond donors (Lipinski definition) is 9. The van der Waals surface area contributed by atoms with E-state index in [0.717, 1.165) is 83.5 Å². The van der Waals surface area contributed by atoms with E-state index in [1.54, 1.807) is 0 Å². The summed E-state index contributed by atoms with van der Waals surface area (Å²) in [7, 11) is -23.0. The molecule has 0 aliphatic heterocycles. The highest BCUT2D eigenvalue weighted by molar-refractivity contribution is 7.47. The van der Waals surface area contributed by atoms with E-state index in [4.69, 9.17) is 18.5 Å². The fourth-order valence-corrected chi connectivity index (χ4v) is 10.4. The van der Waals surface area contributed by atoms with Gasteiger partial charge in [-0.15, -0.1) is 0 Å². The second kappa shape index (κ2) is 38.3. The van der Waals surface area contributed by atoms with E-state index >= 15 is 0 Å². The number of rotatable bonds is 44. The normalized spacial score (nSPS) is 21.5. The molecule has 0 aromatic heterocycles. The van der Waals surface area contributed by atoms with Gasteiger partial charge < -0.3 is 53.9 Å². The van der Waals surface area contributed by atoms with Crippen molar-refractivity contribution in [2.75, 3.05) is 13.2 Å². The lowest BCUT2D eigenvalue weighted by Gasteiger charge is -2.45. The summed E-state index contributed by atoms with van der Waals surface area (Å²) in [5.74, 6) is -1.41. The highest BCUT2D eigenvalue weighted by atomic mass is 31.2. The first-order valence-electron chi connectivity index (χ1n) is 25.4. The maximum Gasteiger partial charge on any atom is 0.472 e. The van der Waals surface area contributed by atoms with Crippen LogP contribution in [0.5, 0.6) is 0 Å². The molecule has 0 amide bonds. The van der Waals surface area contributed by atoms with E-state index in [1.807, 2.05) is 0 Å². The molecule has 1 saturated carbocycles. The Bertz CT molecular complexity index is 1650. The molecule has 0 bridgehead atoms. The zero-order valence-corrected chi connectivity index (χ0v) is 45.3. The molecule has 26 heteroatoms. The van der Waals surface area contributed by atoms with E-state index in [2.05, 4.69) is 51.7 Å². The lowest BCUT2D eigenvalue weighted by molar-refractivity contribution is -0.209. The summed E-state index contributed by atoms with van der Waals surface area (Å²) in [6, 6.07) is 0. The summed E-state index contributed by atoms with van der Waals surface area (Å²) in [5.41, 5.74) is 0. The molecule has 0 heterocycles. The lowest BCUT2D eigenvalue weighted by Crippen LogP contribution is -2.65. The maximum absolute atomic E-state index is 13.3. The molecule has 0 aromatic rings. The Morgan fingerprint density at radius 1 is 0.437 bits per heavy atom. The molecular weight excluding hydrogens is 1020 g/mol. The highest BCUT2D eigenvalue weighted by Gasteiger charge is 2.59. The fraction of sp³-hybridized carbons (Fsp3) is 0.867. The van der Waals surface area contributed by atoms with E-state index in [0.29, 0.717) is 19.3 Å². The van der Waals surface area contributed by atoms with Gasteiger partial charge in [-0.25, -0.2) is 18.3 Å². The van der Waals surface area contributed by atoms with Crippen molar-refractivity contribution >= 4 is 43.2 Å². The molecule has 0 aromatic carbocycles. The zero-order valence-electron chi connectivity index (χ0n) is 41.7. The number of hydrogen-bond acceptors (Lipinski definition) is 15. The number of aliphatic hydroxyl groups excluding tert-OH is 2. The Kier molecular flexibility index (Phi) is 36.6. The molecule has 418 valence electrons. The van der Waals surface area contributed by atoms with Gasteiger partial charge in [0.25, 0.3) is 0 Å². The number of aliphatic hydroxyl groups is 2. The second-order valence-corrected chi connectivity index (χ2v) is 22.9. The SMILES string of the molecule is CCCCCCC=CCCCCCCCCCC(=O)OCC(COP(=O)(O)OC1C(O)C(OP(=O)(O)O)C(OP(=O)(O)O)C(OP(=O)(O)O)C1O)OC(=O)CCCCCCCC=CCCCCCCCC. The van der Waals surface area contributed by atoms with Crippen LogP contribution in [0.1, 0.15) is 194 Å². The van der Waals surface area contributed by atoms with E-state index < -0.39 is 99.2 Å². The van der Waals surface area contributed by atoms with Crippen molar-refractivity contribution in [2.45, 2.75) is 236 Å². The quantitative estimate of drug-likeness (QED) is 0.0119. The van der Waals surface area contributed by atoms with Gasteiger partial charge in [-0.1, -0.05) is 141 Å². The smallest absolute Gasteiger partial charge is 0.462 e. The largest absolute Gasteiger partial charge is 0.472 e. The van der Waals surface area contributed by atoms with E-state index in [1.165, 1.54) is 64.2 Å². The summed E-state index contributed by atoms with van der Waals surface area (Å²) in [4.78, 5) is 92.9. The first kappa shape index (κ1) is 67.8. The third kappa shape index (κ3) is 36.4.